The molecule has 5 heteroatoms. The number of nitrogens with one attached hydrogen (secondary N) is 1. The van der Waals surface area contributed by atoms with Gasteiger partial charge >= 0.3 is 0 Å². The second-order valence-electron chi connectivity index (χ2n) is 7.04. The average molecular weight is 369 g/mol. The van der Waals surface area contributed by atoms with Crippen LogP contribution in [0.4, 0.5) is 5.69 Å². The van der Waals surface area contributed by atoms with Gasteiger partial charge in [0.2, 0.25) is 0 Å². The van der Waals surface area contributed by atoms with Crippen molar-refractivity contribution in [2.24, 2.45) is 0 Å². The Kier molecular flexibility index (Phi) is 4.89. The first kappa shape index (κ1) is 17.9. The molecule has 0 radical (unpaired) electrons. The molecule has 28 heavy (non-hydrogen) atoms. The van der Waals surface area contributed by atoms with E-state index in [1.807, 2.05) is 22.9 Å². The Morgan fingerprint density at radius 1 is 0.786 bits per heavy atom. The molecule has 4 aromatic rings. The van der Waals surface area contributed by atoms with Crippen LogP contribution in [0.5, 0.6) is 0 Å². The summed E-state index contributed by atoms with van der Waals surface area (Å²) in [6.45, 7) is 6.25. The summed E-state index contributed by atoms with van der Waals surface area (Å²) < 4.78 is 1.85. The highest BCUT2D eigenvalue weighted by Crippen LogP contribution is 2.28. The lowest BCUT2D eigenvalue weighted by Gasteiger charge is -2.21. The van der Waals surface area contributed by atoms with Crippen LogP contribution < -0.4 is 5.32 Å². The number of hydrogen-bond acceptors (Lipinski definition) is 4. The van der Waals surface area contributed by atoms with Crippen molar-refractivity contribution in [1.29, 1.82) is 0 Å². The van der Waals surface area contributed by atoms with Crippen LogP contribution in [-0.4, -0.2) is 20.2 Å². The molecule has 3 aromatic carbocycles. The number of hydrogen-bond donors (Lipinski definition) is 1. The van der Waals surface area contributed by atoms with Gasteiger partial charge in [-0.25, -0.2) is 0 Å². The van der Waals surface area contributed by atoms with Crippen LogP contribution in [0.25, 0.3) is 5.69 Å². The van der Waals surface area contributed by atoms with Gasteiger partial charge < -0.3 is 5.32 Å². The minimum Gasteiger partial charge on any atom is -0.371 e. The molecule has 1 heterocycles. The molecule has 0 saturated heterocycles. The van der Waals surface area contributed by atoms with E-state index in [-0.39, 0.29) is 6.04 Å². The van der Waals surface area contributed by atoms with Gasteiger partial charge in [0.15, 0.2) is 5.82 Å². The largest absolute Gasteiger partial charge is 0.371 e. The highest BCUT2D eigenvalue weighted by molar-refractivity contribution is 5.51. The predicted octanol–water partition coefficient (Wildman–Crippen LogP) is 4.79. The fourth-order valence-electron chi connectivity index (χ4n) is 3.43. The Hall–Kier alpha value is -3.47. The molecule has 1 atom stereocenters. The number of para-hydroxylation sites is 1. The summed E-state index contributed by atoms with van der Waals surface area (Å²) in [5, 5.41) is 16.3. The smallest absolute Gasteiger partial charge is 0.183 e. The Labute approximate surface area is 165 Å². The number of aryl methyl sites for hydroxylation is 3. The van der Waals surface area contributed by atoms with E-state index in [1.165, 1.54) is 5.56 Å². The zero-order valence-electron chi connectivity index (χ0n) is 16.3. The topological polar surface area (TPSA) is 55.6 Å². The van der Waals surface area contributed by atoms with Crippen LogP contribution in [0.15, 0.2) is 72.8 Å². The van der Waals surface area contributed by atoms with Crippen molar-refractivity contribution in [3.05, 3.63) is 101 Å². The molecule has 0 aliphatic heterocycles. The fourth-order valence-corrected chi connectivity index (χ4v) is 3.43. The molecule has 0 amide bonds. The molecule has 5 nitrogen and oxygen atoms in total. The van der Waals surface area contributed by atoms with Gasteiger partial charge in [-0.1, -0.05) is 66.2 Å². The van der Waals surface area contributed by atoms with Crippen LogP contribution in [0, 0.1) is 20.8 Å². The quantitative estimate of drug-likeness (QED) is 0.549. The highest BCUT2D eigenvalue weighted by atomic mass is 15.5. The molecule has 1 unspecified atom stereocenters. The Morgan fingerprint density at radius 2 is 1.46 bits per heavy atom. The predicted molar refractivity (Wildman–Crippen MR) is 112 cm³/mol. The zero-order valence-corrected chi connectivity index (χ0v) is 16.3. The van der Waals surface area contributed by atoms with E-state index in [9.17, 15) is 0 Å². The molecule has 0 bridgehead atoms. The van der Waals surface area contributed by atoms with E-state index in [4.69, 9.17) is 0 Å². The van der Waals surface area contributed by atoms with Crippen molar-refractivity contribution in [3.8, 4) is 5.69 Å². The molecule has 0 fully saturated rings. The highest BCUT2D eigenvalue weighted by Gasteiger charge is 2.23. The van der Waals surface area contributed by atoms with E-state index >= 15 is 0 Å². The first-order valence-corrected chi connectivity index (χ1v) is 9.36. The minimum atomic E-state index is -0.182. The summed E-state index contributed by atoms with van der Waals surface area (Å²) in [5.74, 6) is 0.754. The lowest BCUT2D eigenvalue weighted by Crippen LogP contribution is -2.19. The molecule has 1 N–H and O–H groups in total. The van der Waals surface area contributed by atoms with Gasteiger partial charge in [0.05, 0.1) is 5.69 Å². The van der Waals surface area contributed by atoms with E-state index in [0.29, 0.717) is 0 Å². The molecular formula is C23H23N5. The monoisotopic (exact) mass is 369 g/mol. The Balaban J connectivity index is 1.82. The summed E-state index contributed by atoms with van der Waals surface area (Å²) in [4.78, 5) is 0. The van der Waals surface area contributed by atoms with E-state index in [0.717, 1.165) is 33.9 Å². The van der Waals surface area contributed by atoms with Crippen molar-refractivity contribution >= 4 is 5.69 Å². The number of tetrazole rings is 1. The van der Waals surface area contributed by atoms with Gasteiger partial charge in [0.25, 0.3) is 0 Å². The summed E-state index contributed by atoms with van der Waals surface area (Å²) >= 11 is 0. The van der Waals surface area contributed by atoms with Gasteiger partial charge in [-0.2, -0.15) is 4.68 Å². The summed E-state index contributed by atoms with van der Waals surface area (Å²) in [6.07, 6.45) is 0. The van der Waals surface area contributed by atoms with Gasteiger partial charge in [0, 0.05) is 5.69 Å². The lowest BCUT2D eigenvalue weighted by molar-refractivity contribution is 0.731. The molecule has 0 saturated carbocycles. The van der Waals surface area contributed by atoms with Crippen molar-refractivity contribution in [2.75, 3.05) is 5.32 Å². The standard InChI is InChI=1S/C23H23N5/c1-16-12-14-20(15-13-16)24-21(19-10-5-4-6-11-19)23-25-26-27-28(23)22-17(2)8-7-9-18(22)3/h4-15,21,24H,1-3H3. The second-order valence-corrected chi connectivity index (χ2v) is 7.04. The summed E-state index contributed by atoms with van der Waals surface area (Å²) in [5.41, 5.74) is 6.64. The third kappa shape index (κ3) is 3.51. The van der Waals surface area contributed by atoms with Crippen molar-refractivity contribution in [2.45, 2.75) is 26.8 Å². The van der Waals surface area contributed by atoms with E-state index < -0.39 is 0 Å². The molecule has 1 aromatic heterocycles. The maximum Gasteiger partial charge on any atom is 0.183 e. The Morgan fingerprint density at radius 3 is 2.14 bits per heavy atom. The van der Waals surface area contributed by atoms with E-state index in [1.54, 1.807) is 0 Å². The van der Waals surface area contributed by atoms with Crippen LogP contribution in [0.1, 0.15) is 34.1 Å². The number of nitrogens with zero attached hydrogens (tertiary/aromatic N) is 4. The van der Waals surface area contributed by atoms with Gasteiger partial charge in [-0.3, -0.25) is 0 Å². The minimum absolute atomic E-state index is 0.182. The molecule has 0 aliphatic carbocycles. The maximum absolute atomic E-state index is 4.40. The average Bonchev–Trinajstić information content (AvgIpc) is 3.17. The van der Waals surface area contributed by atoms with E-state index in [2.05, 4.69) is 96.2 Å². The normalized spacial score (nSPS) is 12.0. The Bertz CT molecular complexity index is 1050. The van der Waals surface area contributed by atoms with Gasteiger partial charge in [-0.05, 0) is 60.0 Å². The summed E-state index contributed by atoms with van der Waals surface area (Å²) in [6, 6.07) is 24.7. The fraction of sp³-hybridized carbons (Fsp3) is 0.174. The molecule has 4 rings (SSSR count). The van der Waals surface area contributed by atoms with Crippen LogP contribution in [0.3, 0.4) is 0 Å². The van der Waals surface area contributed by atoms with Crippen LogP contribution in [0.2, 0.25) is 0 Å². The number of anilines is 1. The SMILES string of the molecule is Cc1ccc(NC(c2ccccc2)c2nnnn2-c2c(C)cccc2C)cc1. The number of rotatable bonds is 5. The van der Waals surface area contributed by atoms with Gasteiger partial charge in [0.1, 0.15) is 6.04 Å². The molecule has 140 valence electrons. The summed E-state index contributed by atoms with van der Waals surface area (Å²) in [7, 11) is 0. The second kappa shape index (κ2) is 7.64. The lowest BCUT2D eigenvalue weighted by atomic mass is 10.0. The first-order valence-electron chi connectivity index (χ1n) is 9.36. The molecule has 0 spiro atoms. The molecular weight excluding hydrogens is 346 g/mol. The third-order valence-electron chi connectivity index (χ3n) is 4.90. The third-order valence-corrected chi connectivity index (χ3v) is 4.90. The maximum atomic E-state index is 4.40. The van der Waals surface area contributed by atoms with Crippen molar-refractivity contribution in [3.63, 3.8) is 0 Å². The van der Waals surface area contributed by atoms with Crippen LogP contribution >= 0.6 is 0 Å². The van der Waals surface area contributed by atoms with Crippen molar-refractivity contribution < 1.29 is 0 Å². The van der Waals surface area contributed by atoms with Crippen molar-refractivity contribution in [1.82, 2.24) is 20.2 Å². The molecule has 0 aliphatic rings. The van der Waals surface area contributed by atoms with Crippen LogP contribution in [-0.2, 0) is 0 Å². The van der Waals surface area contributed by atoms with Gasteiger partial charge in [-0.15, -0.1) is 5.10 Å². The number of aromatic nitrogens is 4. The zero-order chi connectivity index (χ0) is 19.5. The number of benzene rings is 3. The first-order chi connectivity index (χ1) is 13.6.